The molecule has 0 radical (unpaired) electrons. The van der Waals surface area contributed by atoms with E-state index in [1.165, 1.54) is 6.92 Å². The van der Waals surface area contributed by atoms with Gasteiger partial charge in [0.15, 0.2) is 0 Å². The van der Waals surface area contributed by atoms with Crippen molar-refractivity contribution in [3.63, 3.8) is 0 Å². The van der Waals surface area contributed by atoms with Gasteiger partial charge in [0.25, 0.3) is 0 Å². The minimum atomic E-state index is -1.06. The van der Waals surface area contributed by atoms with Crippen LogP contribution in [0.15, 0.2) is 36.4 Å². The number of esters is 1. The Morgan fingerprint density at radius 2 is 1.92 bits per heavy atom. The molecule has 0 bridgehead atoms. The number of phenolic OH excluding ortho intramolecular Hbond substituents is 1. The third-order valence-electron chi connectivity index (χ3n) is 4.20. The summed E-state index contributed by atoms with van der Waals surface area (Å²) < 4.78 is 10.8. The van der Waals surface area contributed by atoms with Crippen LogP contribution in [0.5, 0.6) is 5.75 Å². The number of phenols is 1. The van der Waals surface area contributed by atoms with Crippen LogP contribution in [0.25, 0.3) is 10.8 Å². The van der Waals surface area contributed by atoms with E-state index in [1.807, 2.05) is 12.1 Å². The van der Waals surface area contributed by atoms with E-state index >= 15 is 0 Å². The van der Waals surface area contributed by atoms with Gasteiger partial charge in [0.2, 0.25) is 0 Å². The number of aliphatic hydroxyl groups is 2. The first-order chi connectivity index (χ1) is 11.4. The second-order valence-corrected chi connectivity index (χ2v) is 6.07. The largest absolute Gasteiger partial charge is 0.508 e. The molecule has 1 saturated heterocycles. The molecular weight excluding hydrogens is 312 g/mol. The molecule has 2 aromatic carbocycles. The number of hydrogen-bond acceptors (Lipinski definition) is 6. The van der Waals surface area contributed by atoms with Crippen LogP contribution < -0.4 is 0 Å². The predicted molar refractivity (Wildman–Crippen MR) is 86.5 cm³/mol. The highest BCUT2D eigenvalue weighted by molar-refractivity contribution is 5.84. The van der Waals surface area contributed by atoms with Crippen LogP contribution in [0.1, 0.15) is 25.0 Å². The molecule has 1 fully saturated rings. The lowest BCUT2D eigenvalue weighted by Gasteiger charge is -2.37. The minimum Gasteiger partial charge on any atom is -0.508 e. The molecule has 6 nitrogen and oxygen atoms in total. The Hall–Kier alpha value is -2.15. The number of benzene rings is 2. The van der Waals surface area contributed by atoms with E-state index in [-0.39, 0.29) is 18.8 Å². The van der Waals surface area contributed by atoms with E-state index in [0.29, 0.717) is 5.56 Å². The molecule has 3 rings (SSSR count). The molecule has 0 spiro atoms. The van der Waals surface area contributed by atoms with Gasteiger partial charge in [-0.15, -0.1) is 0 Å². The molecule has 24 heavy (non-hydrogen) atoms. The molecular formula is C18H20O6. The van der Waals surface area contributed by atoms with E-state index in [4.69, 9.17) is 9.47 Å². The fourth-order valence-corrected chi connectivity index (χ4v) is 2.98. The quantitative estimate of drug-likeness (QED) is 0.740. The first-order valence-corrected chi connectivity index (χ1v) is 7.81. The van der Waals surface area contributed by atoms with Gasteiger partial charge in [0.05, 0.1) is 12.2 Å². The Kier molecular flexibility index (Phi) is 4.71. The van der Waals surface area contributed by atoms with Crippen LogP contribution >= 0.6 is 0 Å². The number of aliphatic hydroxyl groups excluding tert-OH is 2. The summed E-state index contributed by atoms with van der Waals surface area (Å²) in [6.45, 7) is 1.35. The molecule has 0 saturated carbocycles. The molecule has 3 unspecified atom stereocenters. The lowest BCUT2D eigenvalue weighted by molar-refractivity contribution is -0.187. The summed E-state index contributed by atoms with van der Waals surface area (Å²) in [5, 5.41) is 31.6. The van der Waals surface area contributed by atoms with Crippen molar-refractivity contribution in [2.45, 2.75) is 37.8 Å². The fourth-order valence-electron chi connectivity index (χ4n) is 2.98. The molecule has 0 aromatic heterocycles. The molecule has 4 atom stereocenters. The van der Waals surface area contributed by atoms with Gasteiger partial charge in [-0.2, -0.15) is 0 Å². The van der Waals surface area contributed by atoms with Crippen molar-refractivity contribution in [1.29, 1.82) is 0 Å². The molecule has 6 heteroatoms. The van der Waals surface area contributed by atoms with Crippen molar-refractivity contribution in [2.24, 2.45) is 0 Å². The molecule has 1 aliphatic heterocycles. The van der Waals surface area contributed by atoms with Gasteiger partial charge in [0, 0.05) is 13.3 Å². The van der Waals surface area contributed by atoms with Gasteiger partial charge in [0.1, 0.15) is 24.6 Å². The van der Waals surface area contributed by atoms with E-state index in [1.54, 1.807) is 24.3 Å². The average Bonchev–Trinajstić information content (AvgIpc) is 2.55. The molecule has 2 aromatic rings. The van der Waals surface area contributed by atoms with Crippen LogP contribution in [0, 0.1) is 0 Å². The van der Waals surface area contributed by atoms with Gasteiger partial charge in [-0.05, 0) is 34.5 Å². The molecule has 0 amide bonds. The summed E-state index contributed by atoms with van der Waals surface area (Å²) in [5.41, 5.74) is 0.715. The van der Waals surface area contributed by atoms with Crippen LogP contribution in [0.3, 0.4) is 0 Å². The van der Waals surface area contributed by atoms with E-state index in [9.17, 15) is 20.1 Å². The summed E-state index contributed by atoms with van der Waals surface area (Å²) in [4.78, 5) is 10.9. The zero-order valence-electron chi connectivity index (χ0n) is 13.3. The number of hydrogen-bond donors (Lipinski definition) is 3. The first-order valence-electron chi connectivity index (χ1n) is 7.81. The van der Waals surface area contributed by atoms with Crippen LogP contribution in [0.4, 0.5) is 0 Å². The highest BCUT2D eigenvalue weighted by Gasteiger charge is 2.38. The zero-order chi connectivity index (χ0) is 17.3. The Bertz CT molecular complexity index is 743. The number of carbonyl (C=O) groups is 1. The Morgan fingerprint density at radius 1 is 1.21 bits per heavy atom. The van der Waals surface area contributed by atoms with Crippen LogP contribution in [-0.2, 0) is 14.3 Å². The number of aromatic hydroxyl groups is 1. The predicted octanol–water partition coefficient (Wildman–Crippen LogP) is 1.66. The maximum atomic E-state index is 10.9. The summed E-state index contributed by atoms with van der Waals surface area (Å²) >= 11 is 0. The number of fused-ring (bicyclic) bond motifs is 1. The average molecular weight is 332 g/mol. The standard InChI is InChI=1S/C18H20O6/c1-10(19)23-9-15-8-16(21)17(22)18(24-15)13-3-2-12-7-14(20)5-4-11(12)6-13/h2-7,15-18,20-22H,8-9H2,1H3/t15?,16?,17?,18-/m1/s1. The van der Waals surface area contributed by atoms with Gasteiger partial charge in [-0.1, -0.05) is 18.2 Å². The molecule has 128 valence electrons. The third kappa shape index (κ3) is 3.51. The van der Waals surface area contributed by atoms with Gasteiger partial charge in [-0.25, -0.2) is 0 Å². The second kappa shape index (κ2) is 6.76. The third-order valence-corrected chi connectivity index (χ3v) is 4.20. The Labute approximate surface area is 139 Å². The summed E-state index contributed by atoms with van der Waals surface area (Å²) in [6.07, 6.45) is -3.01. The Balaban J connectivity index is 1.85. The maximum Gasteiger partial charge on any atom is 0.302 e. The minimum absolute atomic E-state index is 0.0388. The maximum absolute atomic E-state index is 10.9. The normalized spacial score (nSPS) is 27.1. The first kappa shape index (κ1) is 16.7. The lowest BCUT2D eigenvalue weighted by Crippen LogP contribution is -2.45. The highest BCUT2D eigenvalue weighted by atomic mass is 16.6. The Morgan fingerprint density at radius 3 is 2.67 bits per heavy atom. The van der Waals surface area contributed by atoms with Crippen molar-refractivity contribution in [3.8, 4) is 5.75 Å². The summed E-state index contributed by atoms with van der Waals surface area (Å²) in [7, 11) is 0. The summed E-state index contributed by atoms with van der Waals surface area (Å²) in [6, 6.07) is 10.5. The van der Waals surface area contributed by atoms with Gasteiger partial charge >= 0.3 is 5.97 Å². The summed E-state index contributed by atoms with van der Waals surface area (Å²) in [5.74, 6) is -0.234. The van der Waals surface area contributed by atoms with Crippen LogP contribution in [0.2, 0.25) is 0 Å². The number of carbonyl (C=O) groups excluding carboxylic acids is 1. The number of rotatable bonds is 3. The smallest absolute Gasteiger partial charge is 0.302 e. The van der Waals surface area contributed by atoms with E-state index < -0.39 is 30.4 Å². The lowest BCUT2D eigenvalue weighted by atomic mass is 9.92. The van der Waals surface area contributed by atoms with Crippen molar-refractivity contribution in [3.05, 3.63) is 42.0 Å². The van der Waals surface area contributed by atoms with Crippen LogP contribution in [-0.4, -0.2) is 46.2 Å². The fraction of sp³-hybridized carbons (Fsp3) is 0.389. The molecule has 1 heterocycles. The molecule has 1 aliphatic rings. The van der Waals surface area contributed by atoms with Gasteiger partial charge < -0.3 is 24.8 Å². The highest BCUT2D eigenvalue weighted by Crippen LogP contribution is 2.34. The van der Waals surface area contributed by atoms with E-state index in [2.05, 4.69) is 0 Å². The van der Waals surface area contributed by atoms with E-state index in [0.717, 1.165) is 10.8 Å². The zero-order valence-corrected chi connectivity index (χ0v) is 13.3. The van der Waals surface area contributed by atoms with Crippen molar-refractivity contribution in [1.82, 2.24) is 0 Å². The molecule has 3 N–H and O–H groups in total. The number of ether oxygens (including phenoxy) is 2. The van der Waals surface area contributed by atoms with Gasteiger partial charge in [-0.3, -0.25) is 4.79 Å². The topological polar surface area (TPSA) is 96.2 Å². The molecule has 0 aliphatic carbocycles. The van der Waals surface area contributed by atoms with Crippen molar-refractivity contribution < 1.29 is 29.6 Å². The monoisotopic (exact) mass is 332 g/mol. The van der Waals surface area contributed by atoms with Crippen molar-refractivity contribution >= 4 is 16.7 Å². The second-order valence-electron chi connectivity index (χ2n) is 6.07. The van der Waals surface area contributed by atoms with Crippen molar-refractivity contribution in [2.75, 3.05) is 6.61 Å². The SMILES string of the molecule is CC(=O)OCC1CC(O)C(O)[C@@H](c2ccc3cc(O)ccc3c2)O1.